The first-order chi connectivity index (χ1) is 11.9. The third-order valence-electron chi connectivity index (χ3n) is 6.72. The molecule has 25 heavy (non-hydrogen) atoms. The molecule has 6 heteroatoms. The second kappa shape index (κ2) is 8.67. The number of morpholine rings is 2. The van der Waals surface area contributed by atoms with Gasteiger partial charge < -0.3 is 9.47 Å². The van der Waals surface area contributed by atoms with E-state index < -0.39 is 6.34 Å². The zero-order chi connectivity index (χ0) is 18.0. The molecule has 0 bridgehead atoms. The molecule has 0 radical (unpaired) electrons. The molecular formula is C19H37N2O2PS. The summed E-state index contributed by atoms with van der Waals surface area (Å²) in [5.74, 6) is 3.11. The van der Waals surface area contributed by atoms with E-state index in [0.717, 1.165) is 76.3 Å². The van der Waals surface area contributed by atoms with Crippen molar-refractivity contribution in [2.24, 2.45) is 23.7 Å². The molecule has 146 valence electrons. The predicted molar refractivity (Wildman–Crippen MR) is 109 cm³/mol. The van der Waals surface area contributed by atoms with Crippen LogP contribution in [0.2, 0.25) is 0 Å². The van der Waals surface area contributed by atoms with Crippen LogP contribution in [0.5, 0.6) is 0 Å². The van der Waals surface area contributed by atoms with Gasteiger partial charge in [-0.25, -0.2) is 0 Å². The quantitative estimate of drug-likeness (QED) is 0.685. The van der Waals surface area contributed by atoms with Crippen LogP contribution in [0.1, 0.15) is 40.5 Å². The van der Waals surface area contributed by atoms with E-state index in [1.807, 2.05) is 0 Å². The molecular weight excluding hydrogens is 351 g/mol. The monoisotopic (exact) mass is 388 g/mol. The van der Waals surface area contributed by atoms with Crippen molar-refractivity contribution in [2.45, 2.75) is 46.2 Å². The molecule has 1 saturated carbocycles. The summed E-state index contributed by atoms with van der Waals surface area (Å²) in [7, 11) is 0. The van der Waals surface area contributed by atoms with Gasteiger partial charge in [0.1, 0.15) is 0 Å². The van der Waals surface area contributed by atoms with Crippen LogP contribution in [0.25, 0.3) is 0 Å². The minimum Gasteiger partial charge on any atom is -0.379 e. The Bertz CT molecular complexity index is 456. The third-order valence-corrected chi connectivity index (χ3v) is 12.9. The smallest absolute Gasteiger partial charge is 0.0811 e. The molecule has 2 heterocycles. The van der Waals surface area contributed by atoms with Crippen LogP contribution in [-0.4, -0.2) is 67.6 Å². The van der Waals surface area contributed by atoms with Crippen molar-refractivity contribution in [3.8, 4) is 0 Å². The second-order valence-electron chi connectivity index (χ2n) is 8.62. The summed E-state index contributed by atoms with van der Waals surface area (Å²) in [6.07, 6.45) is 0.880. The molecule has 2 saturated heterocycles. The normalized spacial score (nSPS) is 36.7. The van der Waals surface area contributed by atoms with Crippen LogP contribution in [0, 0.1) is 23.7 Å². The number of hydrogen-bond acceptors (Lipinski definition) is 3. The van der Waals surface area contributed by atoms with Crippen LogP contribution < -0.4 is 0 Å². The highest BCUT2D eigenvalue weighted by atomic mass is 32.4. The van der Waals surface area contributed by atoms with E-state index >= 15 is 0 Å². The Morgan fingerprint density at radius 3 is 1.76 bits per heavy atom. The first-order valence-corrected chi connectivity index (χ1v) is 13.0. The minimum atomic E-state index is -1.77. The molecule has 4 nitrogen and oxygen atoms in total. The number of ether oxygens (including phenoxy) is 2. The Hall–Kier alpha value is 0.490. The number of hydrogen-bond donors (Lipinski definition) is 0. The van der Waals surface area contributed by atoms with E-state index in [-0.39, 0.29) is 0 Å². The van der Waals surface area contributed by atoms with Crippen LogP contribution in [-0.2, 0) is 21.3 Å². The van der Waals surface area contributed by atoms with Crippen LogP contribution >= 0.6 is 6.34 Å². The van der Waals surface area contributed by atoms with Gasteiger partial charge in [-0.1, -0.05) is 39.5 Å². The summed E-state index contributed by atoms with van der Waals surface area (Å²) < 4.78 is 16.7. The molecule has 4 atom stereocenters. The number of nitrogens with zero attached hydrogens (tertiary/aromatic N) is 2. The molecule has 0 N–H and O–H groups in total. The maximum Gasteiger partial charge on any atom is 0.0811 e. The van der Waals surface area contributed by atoms with Crippen LogP contribution in [0.3, 0.4) is 0 Å². The number of rotatable bonds is 4. The summed E-state index contributed by atoms with van der Waals surface area (Å²) in [4.78, 5) is 0. The first kappa shape index (κ1) is 20.2. The largest absolute Gasteiger partial charge is 0.379 e. The molecule has 0 spiro atoms. The summed E-state index contributed by atoms with van der Waals surface area (Å²) in [5, 5.41) is 0. The molecule has 0 aromatic heterocycles. The minimum absolute atomic E-state index is 0.655. The molecule has 0 amide bonds. The fourth-order valence-corrected chi connectivity index (χ4v) is 11.2. The molecule has 1 aliphatic carbocycles. The Morgan fingerprint density at radius 2 is 1.32 bits per heavy atom. The van der Waals surface area contributed by atoms with Gasteiger partial charge in [-0.15, -0.1) is 0 Å². The Balaban J connectivity index is 1.90. The van der Waals surface area contributed by atoms with E-state index in [9.17, 15) is 0 Å². The van der Waals surface area contributed by atoms with E-state index in [0.29, 0.717) is 5.66 Å². The van der Waals surface area contributed by atoms with Crippen molar-refractivity contribution >= 4 is 18.1 Å². The van der Waals surface area contributed by atoms with E-state index in [4.69, 9.17) is 21.3 Å². The SMILES string of the molecule is CC(C)[C@H]1C[C@@H](P(=S)(N2CCOCC2)N2CCOCC2)[C@H](C)C[C@@H]1C. The first-order valence-electron chi connectivity index (χ1n) is 10.2. The average Bonchev–Trinajstić information content (AvgIpc) is 2.62. The molecule has 0 aromatic carbocycles. The Labute approximate surface area is 159 Å². The Kier molecular flexibility index (Phi) is 7.01. The van der Waals surface area contributed by atoms with E-state index in [1.54, 1.807) is 0 Å². The van der Waals surface area contributed by atoms with Gasteiger partial charge in [0.15, 0.2) is 0 Å². The maximum atomic E-state index is 6.67. The lowest BCUT2D eigenvalue weighted by Gasteiger charge is -2.54. The molecule has 3 rings (SSSR count). The zero-order valence-electron chi connectivity index (χ0n) is 16.5. The standard InChI is InChI=1S/C19H37N2O2PS/c1-15(2)18-14-19(17(4)13-16(18)3)24(25,20-5-9-22-10-6-20)21-7-11-23-12-8-21/h15-19H,5-14H2,1-4H3/t16-,17+,18+,19+/m0/s1. The lowest BCUT2D eigenvalue weighted by molar-refractivity contribution is 0.0543. The third kappa shape index (κ3) is 4.17. The lowest BCUT2D eigenvalue weighted by Crippen LogP contribution is -2.49. The molecule has 0 unspecified atom stereocenters. The van der Waals surface area contributed by atoms with Crippen molar-refractivity contribution in [1.29, 1.82) is 0 Å². The summed E-state index contributed by atoms with van der Waals surface area (Å²) in [5.41, 5.74) is 0.655. The van der Waals surface area contributed by atoms with Gasteiger partial charge in [0.25, 0.3) is 0 Å². The van der Waals surface area contributed by atoms with Crippen LogP contribution in [0.15, 0.2) is 0 Å². The van der Waals surface area contributed by atoms with Crippen molar-refractivity contribution in [3.05, 3.63) is 0 Å². The highest BCUT2D eigenvalue weighted by Gasteiger charge is 2.47. The molecule has 3 aliphatic rings. The topological polar surface area (TPSA) is 24.9 Å². The van der Waals surface area contributed by atoms with Crippen molar-refractivity contribution in [3.63, 3.8) is 0 Å². The van der Waals surface area contributed by atoms with Gasteiger partial charge in [-0.3, -0.25) is 9.34 Å². The highest BCUT2D eigenvalue weighted by Crippen LogP contribution is 2.64. The van der Waals surface area contributed by atoms with Gasteiger partial charge in [-0.2, -0.15) is 0 Å². The summed E-state index contributed by atoms with van der Waals surface area (Å²) >= 11 is 6.67. The fourth-order valence-electron chi connectivity index (χ4n) is 5.34. The average molecular weight is 389 g/mol. The van der Waals surface area contributed by atoms with Crippen molar-refractivity contribution in [1.82, 2.24) is 9.34 Å². The van der Waals surface area contributed by atoms with Crippen molar-refractivity contribution < 1.29 is 9.47 Å². The van der Waals surface area contributed by atoms with E-state index in [1.165, 1.54) is 12.8 Å². The second-order valence-corrected chi connectivity index (χ2v) is 13.2. The van der Waals surface area contributed by atoms with Crippen molar-refractivity contribution in [2.75, 3.05) is 52.6 Å². The zero-order valence-corrected chi connectivity index (χ0v) is 18.2. The molecule has 3 fully saturated rings. The van der Waals surface area contributed by atoms with Gasteiger partial charge in [0, 0.05) is 31.8 Å². The predicted octanol–water partition coefficient (Wildman–Crippen LogP) is 3.67. The van der Waals surface area contributed by atoms with Gasteiger partial charge in [-0.05, 0) is 36.5 Å². The lowest BCUT2D eigenvalue weighted by atomic mass is 9.71. The van der Waals surface area contributed by atoms with Gasteiger partial charge >= 0.3 is 0 Å². The molecule has 0 aromatic rings. The summed E-state index contributed by atoms with van der Waals surface area (Å²) in [6, 6.07) is 0. The maximum absolute atomic E-state index is 6.67. The van der Waals surface area contributed by atoms with Crippen LogP contribution in [0.4, 0.5) is 0 Å². The molecule has 2 aliphatic heterocycles. The van der Waals surface area contributed by atoms with Gasteiger partial charge in [0.05, 0.1) is 32.8 Å². The van der Waals surface area contributed by atoms with E-state index in [2.05, 4.69) is 37.0 Å². The Morgan fingerprint density at radius 1 is 0.840 bits per heavy atom. The fraction of sp³-hybridized carbons (Fsp3) is 1.00. The van der Waals surface area contributed by atoms with Gasteiger partial charge in [0.2, 0.25) is 0 Å². The summed E-state index contributed by atoms with van der Waals surface area (Å²) in [6.45, 7) is 17.2. The highest BCUT2D eigenvalue weighted by molar-refractivity contribution is 8.12.